The summed E-state index contributed by atoms with van der Waals surface area (Å²) >= 11 is 5.94. The molecule has 4 N–H and O–H groups in total. The second kappa shape index (κ2) is 8.95. The molecule has 1 unspecified atom stereocenters. The van der Waals surface area contributed by atoms with Gasteiger partial charge in [0.05, 0.1) is 25.0 Å². The highest BCUT2D eigenvalue weighted by Gasteiger charge is 2.48. The van der Waals surface area contributed by atoms with Crippen LogP contribution in [0, 0.1) is 0 Å². The van der Waals surface area contributed by atoms with E-state index in [0.717, 1.165) is 10.7 Å². The number of hydrogen-bond donors (Lipinski definition) is 4. The summed E-state index contributed by atoms with van der Waals surface area (Å²) in [6.45, 7) is -1.51. The molecule has 2 fully saturated rings. The van der Waals surface area contributed by atoms with Crippen LogP contribution in [-0.4, -0.2) is 89.3 Å². The van der Waals surface area contributed by atoms with Crippen LogP contribution in [0.4, 0.5) is 19.0 Å². The van der Waals surface area contributed by atoms with Crippen LogP contribution in [0.2, 0.25) is 5.28 Å². The maximum atomic E-state index is 14.9. The number of nitrogens with zero attached hydrogens (tertiary/aromatic N) is 5. The minimum atomic E-state index is -4.89. The average Bonchev–Trinajstić information content (AvgIpc) is 3.34. The average molecular weight is 552 g/mol. The van der Waals surface area contributed by atoms with Crippen molar-refractivity contribution in [2.24, 2.45) is 0 Å². The molecule has 2 aromatic heterocycles. The van der Waals surface area contributed by atoms with E-state index in [-0.39, 0.29) is 29.0 Å². The number of aromatic nitrogens is 4. The standard InChI is InChI=1S/C15H19ClF3N5O8P2/c16-14-21-13(23-2-1-15(18,19)5-23)12-20-3-7(24(12)22-14)11-9(17)10(25)8(32-11)4-31-34(29,30)6-33(26,27)28/h3,8-11,25H,1-2,4-6H2,(H,29,30)(H2,26,27,28)/t8-,9+,10-,11+/m1/s1. The van der Waals surface area contributed by atoms with Crippen LogP contribution in [-0.2, 0) is 18.4 Å². The largest absolute Gasteiger partial charge is 0.387 e. The minimum Gasteiger partial charge on any atom is -0.387 e. The fourth-order valence-electron chi connectivity index (χ4n) is 3.74. The SMILES string of the molecule is O=P(O)(O)CP(=O)(O)OC[C@H]1O[C@@H](c2cnc3c(N4CCC(F)(F)C4)nc(Cl)nn23)[C@@H](F)[C@@H]1O. The summed E-state index contributed by atoms with van der Waals surface area (Å²) in [5.74, 6) is -4.41. The molecule has 4 heterocycles. The normalized spacial score (nSPS) is 29.1. The Hall–Kier alpha value is -1.35. The zero-order valence-corrected chi connectivity index (χ0v) is 19.5. The molecule has 190 valence electrons. The van der Waals surface area contributed by atoms with Crippen LogP contribution in [0.5, 0.6) is 0 Å². The Balaban J connectivity index is 1.56. The lowest BCUT2D eigenvalue weighted by molar-refractivity contribution is -0.0199. The van der Waals surface area contributed by atoms with Crippen molar-refractivity contribution in [3.05, 3.63) is 17.2 Å². The van der Waals surface area contributed by atoms with E-state index in [4.69, 9.17) is 26.1 Å². The van der Waals surface area contributed by atoms with E-state index < -0.39 is 71.1 Å². The monoisotopic (exact) mass is 551 g/mol. The molecule has 0 saturated carbocycles. The molecule has 2 saturated heterocycles. The number of alkyl halides is 3. The van der Waals surface area contributed by atoms with Gasteiger partial charge in [-0.2, -0.15) is 4.98 Å². The maximum Gasteiger partial charge on any atom is 0.340 e. The van der Waals surface area contributed by atoms with Gasteiger partial charge in [-0.3, -0.25) is 9.13 Å². The molecule has 19 heteroatoms. The molecular weight excluding hydrogens is 533 g/mol. The summed E-state index contributed by atoms with van der Waals surface area (Å²) in [7, 11) is -9.65. The third-order valence-corrected chi connectivity index (χ3v) is 8.84. The first kappa shape index (κ1) is 25.7. The predicted molar refractivity (Wildman–Crippen MR) is 109 cm³/mol. The van der Waals surface area contributed by atoms with Crippen molar-refractivity contribution in [1.82, 2.24) is 19.6 Å². The van der Waals surface area contributed by atoms with E-state index in [1.165, 1.54) is 4.90 Å². The first-order valence-corrected chi connectivity index (χ1v) is 13.6. The number of anilines is 1. The molecular formula is C15H19ClF3N5O8P2. The lowest BCUT2D eigenvalue weighted by atomic mass is 10.1. The molecule has 0 aliphatic carbocycles. The molecule has 4 rings (SSSR count). The van der Waals surface area contributed by atoms with Crippen LogP contribution in [0.15, 0.2) is 6.20 Å². The first-order chi connectivity index (χ1) is 15.7. The van der Waals surface area contributed by atoms with Gasteiger partial charge in [-0.15, -0.1) is 5.10 Å². The Morgan fingerprint density at radius 3 is 2.65 bits per heavy atom. The number of aliphatic hydroxyl groups excluding tert-OH is 1. The summed E-state index contributed by atoms with van der Waals surface area (Å²) in [5.41, 5.74) is -0.0634. The number of hydrogen-bond acceptors (Lipinski definition) is 9. The van der Waals surface area contributed by atoms with Gasteiger partial charge in [-0.25, -0.2) is 22.7 Å². The van der Waals surface area contributed by atoms with Gasteiger partial charge in [0.1, 0.15) is 18.3 Å². The molecule has 0 radical (unpaired) electrons. The second-order valence-corrected chi connectivity index (χ2v) is 12.3. The van der Waals surface area contributed by atoms with Gasteiger partial charge in [-0.1, -0.05) is 0 Å². The second-order valence-electron chi connectivity index (χ2n) is 7.92. The maximum absolute atomic E-state index is 14.9. The number of ether oxygens (including phenoxy) is 1. The van der Waals surface area contributed by atoms with Crippen molar-refractivity contribution in [2.45, 2.75) is 36.8 Å². The van der Waals surface area contributed by atoms with Crippen molar-refractivity contribution in [2.75, 3.05) is 30.5 Å². The Morgan fingerprint density at radius 1 is 1.32 bits per heavy atom. The Morgan fingerprint density at radius 2 is 2.03 bits per heavy atom. The smallest absolute Gasteiger partial charge is 0.340 e. The first-order valence-electron chi connectivity index (χ1n) is 9.68. The van der Waals surface area contributed by atoms with Crippen molar-refractivity contribution in [3.63, 3.8) is 0 Å². The summed E-state index contributed by atoms with van der Waals surface area (Å²) < 4.78 is 76.1. The zero-order valence-electron chi connectivity index (χ0n) is 17.0. The topological polar surface area (TPSA) is 180 Å². The number of aliphatic hydroxyl groups is 1. The van der Waals surface area contributed by atoms with Gasteiger partial charge < -0.3 is 33.9 Å². The van der Waals surface area contributed by atoms with Crippen molar-refractivity contribution in [3.8, 4) is 0 Å². The van der Waals surface area contributed by atoms with Crippen LogP contribution < -0.4 is 4.90 Å². The summed E-state index contributed by atoms with van der Waals surface area (Å²) in [4.78, 5) is 36.5. The van der Waals surface area contributed by atoms with Crippen molar-refractivity contribution in [1.29, 1.82) is 0 Å². The molecule has 2 aliphatic heterocycles. The lowest BCUT2D eigenvalue weighted by Crippen LogP contribution is -2.31. The lowest BCUT2D eigenvalue weighted by Gasteiger charge is -2.18. The highest BCUT2D eigenvalue weighted by atomic mass is 35.5. The van der Waals surface area contributed by atoms with E-state index in [1.54, 1.807) is 0 Å². The van der Waals surface area contributed by atoms with E-state index in [0.29, 0.717) is 0 Å². The third kappa shape index (κ3) is 5.40. The Labute approximate surface area is 194 Å². The van der Waals surface area contributed by atoms with E-state index in [1.807, 2.05) is 0 Å². The van der Waals surface area contributed by atoms with Crippen LogP contribution >= 0.6 is 26.8 Å². The molecule has 0 aromatic carbocycles. The number of fused-ring (bicyclic) bond motifs is 1. The Bertz CT molecular complexity index is 1180. The molecule has 0 amide bonds. The van der Waals surface area contributed by atoms with Gasteiger partial charge in [0, 0.05) is 13.0 Å². The van der Waals surface area contributed by atoms with Gasteiger partial charge in [0.15, 0.2) is 23.5 Å². The molecule has 0 spiro atoms. The molecule has 13 nitrogen and oxygen atoms in total. The number of imidazole rings is 1. The van der Waals surface area contributed by atoms with Gasteiger partial charge in [-0.05, 0) is 11.6 Å². The molecule has 0 bridgehead atoms. The predicted octanol–water partition coefficient (Wildman–Crippen LogP) is 1.10. The molecule has 2 aliphatic rings. The number of halogens is 4. The summed E-state index contributed by atoms with van der Waals surface area (Å²) in [5, 5.41) is 13.8. The van der Waals surface area contributed by atoms with Crippen LogP contribution in [0.3, 0.4) is 0 Å². The van der Waals surface area contributed by atoms with Crippen molar-refractivity contribution < 1.29 is 51.3 Å². The van der Waals surface area contributed by atoms with E-state index in [2.05, 4.69) is 19.6 Å². The minimum absolute atomic E-state index is 0.00378. The highest BCUT2D eigenvalue weighted by molar-refractivity contribution is 7.70. The Kier molecular flexibility index (Phi) is 6.77. The van der Waals surface area contributed by atoms with Gasteiger partial charge >= 0.3 is 15.2 Å². The highest BCUT2D eigenvalue weighted by Crippen LogP contribution is 2.55. The number of rotatable bonds is 7. The van der Waals surface area contributed by atoms with E-state index in [9.17, 15) is 32.3 Å². The molecule has 2 aromatic rings. The van der Waals surface area contributed by atoms with Crippen LogP contribution in [0.25, 0.3) is 5.65 Å². The fraction of sp³-hybridized carbons (Fsp3) is 0.667. The third-order valence-electron chi connectivity index (χ3n) is 5.23. The summed E-state index contributed by atoms with van der Waals surface area (Å²) in [6.07, 6.45) is -6.22. The quantitative estimate of drug-likeness (QED) is 0.360. The molecule has 5 atom stereocenters. The summed E-state index contributed by atoms with van der Waals surface area (Å²) in [6, 6.07) is 0. The van der Waals surface area contributed by atoms with Gasteiger partial charge in [0.2, 0.25) is 5.28 Å². The van der Waals surface area contributed by atoms with Crippen LogP contribution in [0.1, 0.15) is 18.2 Å². The van der Waals surface area contributed by atoms with E-state index >= 15 is 0 Å². The molecule has 34 heavy (non-hydrogen) atoms. The van der Waals surface area contributed by atoms with Crippen molar-refractivity contribution >= 4 is 38.3 Å². The fourth-order valence-corrected chi connectivity index (χ4v) is 6.47. The van der Waals surface area contributed by atoms with Gasteiger partial charge in [0.25, 0.3) is 5.92 Å². The zero-order chi connectivity index (χ0) is 25.1.